The summed E-state index contributed by atoms with van der Waals surface area (Å²) in [6.07, 6.45) is 2.61. The summed E-state index contributed by atoms with van der Waals surface area (Å²) in [4.78, 5) is 15.4. The van der Waals surface area contributed by atoms with Crippen molar-refractivity contribution in [2.45, 2.75) is 0 Å². The second-order valence-corrected chi connectivity index (χ2v) is 3.97. The lowest BCUT2D eigenvalue weighted by Gasteiger charge is -1.96. The maximum atomic E-state index is 10.9. The van der Waals surface area contributed by atoms with Crippen LogP contribution >= 0.6 is 0 Å². The quantitative estimate of drug-likeness (QED) is 0.698. The van der Waals surface area contributed by atoms with Crippen molar-refractivity contribution in [3.8, 4) is 17.0 Å². The number of pyridine rings is 1. The first-order valence-electron chi connectivity index (χ1n) is 5.50. The fourth-order valence-electron chi connectivity index (χ4n) is 1.90. The molecule has 88 valence electrons. The van der Waals surface area contributed by atoms with E-state index < -0.39 is 0 Å². The number of carbonyl (C=O) groups excluding carboxylic acids is 1. The van der Waals surface area contributed by atoms with Crippen LogP contribution in [0.15, 0.2) is 48.7 Å². The van der Waals surface area contributed by atoms with E-state index in [4.69, 9.17) is 0 Å². The van der Waals surface area contributed by atoms with Gasteiger partial charge in [-0.25, -0.2) is 4.98 Å². The summed E-state index contributed by atoms with van der Waals surface area (Å²) in [6.45, 7) is 0. The summed E-state index contributed by atoms with van der Waals surface area (Å²) in [5, 5.41) is 9.25. The van der Waals surface area contributed by atoms with Crippen molar-refractivity contribution in [3.63, 3.8) is 0 Å². The van der Waals surface area contributed by atoms with Gasteiger partial charge in [-0.3, -0.25) is 9.20 Å². The van der Waals surface area contributed by atoms with E-state index in [1.54, 1.807) is 40.8 Å². The van der Waals surface area contributed by atoms with Crippen molar-refractivity contribution in [2.75, 3.05) is 0 Å². The lowest BCUT2D eigenvalue weighted by atomic mass is 10.2. The molecule has 0 radical (unpaired) electrons. The van der Waals surface area contributed by atoms with E-state index in [9.17, 15) is 9.90 Å². The van der Waals surface area contributed by atoms with Crippen molar-refractivity contribution >= 4 is 11.9 Å². The average molecular weight is 238 g/mol. The first-order valence-corrected chi connectivity index (χ1v) is 5.50. The molecule has 4 heteroatoms. The highest BCUT2D eigenvalue weighted by Crippen LogP contribution is 2.22. The van der Waals surface area contributed by atoms with Gasteiger partial charge in [-0.2, -0.15) is 0 Å². The number of fused-ring (bicyclic) bond motifs is 1. The Hall–Kier alpha value is -2.62. The second-order valence-electron chi connectivity index (χ2n) is 3.97. The molecule has 0 bridgehead atoms. The third-order valence-corrected chi connectivity index (χ3v) is 2.81. The van der Waals surface area contributed by atoms with Crippen LogP contribution in [0.5, 0.6) is 5.75 Å². The van der Waals surface area contributed by atoms with E-state index in [0.29, 0.717) is 5.69 Å². The predicted molar refractivity (Wildman–Crippen MR) is 67.7 cm³/mol. The van der Waals surface area contributed by atoms with Crippen molar-refractivity contribution < 1.29 is 9.90 Å². The van der Waals surface area contributed by atoms with Gasteiger partial charge in [-0.1, -0.05) is 6.07 Å². The molecule has 0 atom stereocenters. The van der Waals surface area contributed by atoms with E-state index in [0.717, 1.165) is 23.2 Å². The van der Waals surface area contributed by atoms with Gasteiger partial charge < -0.3 is 5.11 Å². The van der Waals surface area contributed by atoms with Crippen LogP contribution in [-0.2, 0) is 0 Å². The standard InChI is InChI=1S/C14H10N2O2/c17-9-11-2-1-3-14-15-13(8-16(11)14)10-4-6-12(18)7-5-10/h1-9,18H. The van der Waals surface area contributed by atoms with Crippen LogP contribution in [0.4, 0.5) is 0 Å². The van der Waals surface area contributed by atoms with Gasteiger partial charge in [-0.05, 0) is 36.4 Å². The number of hydrogen-bond donors (Lipinski definition) is 1. The SMILES string of the molecule is O=Cc1cccc2nc(-c3ccc(O)cc3)cn12. The first-order chi connectivity index (χ1) is 8.78. The molecular weight excluding hydrogens is 228 g/mol. The van der Waals surface area contributed by atoms with E-state index >= 15 is 0 Å². The molecule has 3 rings (SSSR count). The first kappa shape index (κ1) is 10.5. The molecule has 0 amide bonds. The summed E-state index contributed by atoms with van der Waals surface area (Å²) in [5.74, 6) is 0.219. The second kappa shape index (κ2) is 4.00. The van der Waals surface area contributed by atoms with Crippen LogP contribution < -0.4 is 0 Å². The van der Waals surface area contributed by atoms with Gasteiger partial charge in [0.2, 0.25) is 0 Å². The molecule has 4 nitrogen and oxygen atoms in total. The van der Waals surface area contributed by atoms with Crippen LogP contribution in [-0.4, -0.2) is 20.8 Å². The summed E-state index contributed by atoms with van der Waals surface area (Å²) in [5.41, 5.74) is 2.95. The Morgan fingerprint density at radius 2 is 1.89 bits per heavy atom. The van der Waals surface area contributed by atoms with Crippen LogP contribution in [0.1, 0.15) is 10.5 Å². The minimum atomic E-state index is 0.219. The van der Waals surface area contributed by atoms with Gasteiger partial charge in [0.05, 0.1) is 11.4 Å². The Bertz CT molecular complexity index is 714. The van der Waals surface area contributed by atoms with Gasteiger partial charge in [0.1, 0.15) is 11.4 Å². The molecule has 1 aromatic carbocycles. The van der Waals surface area contributed by atoms with E-state index in [-0.39, 0.29) is 5.75 Å². The Morgan fingerprint density at radius 3 is 2.61 bits per heavy atom. The number of aromatic nitrogens is 2. The van der Waals surface area contributed by atoms with Crippen molar-refractivity contribution in [3.05, 3.63) is 54.4 Å². The maximum Gasteiger partial charge on any atom is 0.166 e. The van der Waals surface area contributed by atoms with Gasteiger partial charge in [0.25, 0.3) is 0 Å². The van der Waals surface area contributed by atoms with Crippen molar-refractivity contribution in [1.29, 1.82) is 0 Å². The number of aldehydes is 1. The summed E-state index contributed by atoms with van der Waals surface area (Å²) >= 11 is 0. The molecule has 18 heavy (non-hydrogen) atoms. The lowest BCUT2D eigenvalue weighted by molar-refractivity contribution is 0.111. The number of imidazole rings is 1. The third kappa shape index (κ3) is 1.64. The van der Waals surface area contributed by atoms with E-state index in [1.165, 1.54) is 0 Å². The number of carbonyl (C=O) groups is 1. The van der Waals surface area contributed by atoms with Crippen molar-refractivity contribution in [1.82, 2.24) is 9.38 Å². The molecule has 0 fully saturated rings. The Balaban J connectivity index is 2.19. The lowest BCUT2D eigenvalue weighted by Crippen LogP contribution is -1.91. The minimum absolute atomic E-state index is 0.219. The predicted octanol–water partition coefficient (Wildman–Crippen LogP) is 2.52. The highest BCUT2D eigenvalue weighted by atomic mass is 16.3. The molecule has 0 aliphatic heterocycles. The molecule has 0 spiro atoms. The fraction of sp³-hybridized carbons (Fsp3) is 0. The van der Waals surface area contributed by atoms with Gasteiger partial charge in [0.15, 0.2) is 6.29 Å². The maximum absolute atomic E-state index is 10.9. The van der Waals surface area contributed by atoms with Gasteiger partial charge >= 0.3 is 0 Å². The largest absolute Gasteiger partial charge is 0.508 e. The Kier molecular flexibility index (Phi) is 2.34. The zero-order valence-corrected chi connectivity index (χ0v) is 9.45. The van der Waals surface area contributed by atoms with Crippen molar-refractivity contribution in [2.24, 2.45) is 0 Å². The third-order valence-electron chi connectivity index (χ3n) is 2.81. The number of nitrogens with zero attached hydrogens (tertiary/aromatic N) is 2. The molecular formula is C14H10N2O2. The van der Waals surface area contributed by atoms with Crippen LogP contribution in [0.3, 0.4) is 0 Å². The van der Waals surface area contributed by atoms with Gasteiger partial charge in [-0.15, -0.1) is 0 Å². The van der Waals surface area contributed by atoms with E-state index in [2.05, 4.69) is 4.98 Å². The number of benzene rings is 1. The van der Waals surface area contributed by atoms with E-state index in [1.807, 2.05) is 12.3 Å². The number of rotatable bonds is 2. The summed E-state index contributed by atoms with van der Waals surface area (Å²) in [7, 11) is 0. The highest BCUT2D eigenvalue weighted by Gasteiger charge is 2.06. The monoisotopic (exact) mass is 238 g/mol. The molecule has 0 aliphatic carbocycles. The van der Waals surface area contributed by atoms with Gasteiger partial charge in [0, 0.05) is 11.8 Å². The smallest absolute Gasteiger partial charge is 0.166 e. The number of hydrogen-bond acceptors (Lipinski definition) is 3. The molecule has 0 aliphatic rings. The fourth-order valence-corrected chi connectivity index (χ4v) is 1.90. The normalized spacial score (nSPS) is 10.7. The average Bonchev–Trinajstić information content (AvgIpc) is 2.83. The number of phenols is 1. The molecule has 3 aromatic rings. The molecule has 0 saturated carbocycles. The molecule has 2 aromatic heterocycles. The molecule has 2 heterocycles. The molecule has 1 N–H and O–H groups in total. The number of aromatic hydroxyl groups is 1. The number of phenolic OH excluding ortho intramolecular Hbond substituents is 1. The summed E-state index contributed by atoms with van der Waals surface area (Å²) < 4.78 is 1.75. The molecule has 0 unspecified atom stereocenters. The Labute approximate surface area is 103 Å². The van der Waals surface area contributed by atoms with Crippen LogP contribution in [0.25, 0.3) is 16.9 Å². The minimum Gasteiger partial charge on any atom is -0.508 e. The highest BCUT2D eigenvalue weighted by molar-refractivity contribution is 5.75. The Morgan fingerprint density at radius 1 is 1.11 bits per heavy atom. The van der Waals surface area contributed by atoms with Crippen LogP contribution in [0.2, 0.25) is 0 Å². The summed E-state index contributed by atoms with van der Waals surface area (Å²) in [6, 6.07) is 12.2. The zero-order valence-electron chi connectivity index (χ0n) is 9.45. The molecule has 0 saturated heterocycles. The topological polar surface area (TPSA) is 54.6 Å². The van der Waals surface area contributed by atoms with Crippen LogP contribution in [0, 0.1) is 0 Å². The zero-order chi connectivity index (χ0) is 12.5.